The fourth-order valence-corrected chi connectivity index (χ4v) is 6.16. The Bertz CT molecular complexity index is 264. The molecule has 0 aliphatic carbocycles. The molecule has 15 heavy (non-hydrogen) atoms. The molecule has 1 rings (SSSR count). The number of urea groups is 1. The minimum absolute atomic E-state index is 0.00702. The summed E-state index contributed by atoms with van der Waals surface area (Å²) < 4.78 is 6.11. The first kappa shape index (κ1) is 13.2. The Kier molecular flexibility index (Phi) is 5.28. The SMILES string of the molecule is COC([CH2][Hg][Cl])CN1CC(=O)N(C)C1=O. The number of hydrogen-bond acceptors (Lipinski definition) is 3. The van der Waals surface area contributed by atoms with Crippen molar-refractivity contribution in [2.75, 3.05) is 27.2 Å². The van der Waals surface area contributed by atoms with Gasteiger partial charge in [-0.1, -0.05) is 0 Å². The van der Waals surface area contributed by atoms with Crippen LogP contribution in [0.1, 0.15) is 0 Å². The molecule has 3 amide bonds. The van der Waals surface area contributed by atoms with Crippen molar-refractivity contribution in [2.24, 2.45) is 0 Å². The number of methoxy groups -OCH3 is 1. The van der Waals surface area contributed by atoms with Crippen LogP contribution in [0, 0.1) is 0 Å². The van der Waals surface area contributed by atoms with Gasteiger partial charge in [0.15, 0.2) is 0 Å². The van der Waals surface area contributed by atoms with E-state index in [1.807, 2.05) is 0 Å². The van der Waals surface area contributed by atoms with Crippen LogP contribution >= 0.6 is 8.25 Å². The molecular formula is C8H13ClHgN2O3. The molecular weight excluding hydrogens is 408 g/mol. The first-order valence-corrected chi connectivity index (χ1v) is 15.4. The molecule has 1 heterocycles. The third-order valence-corrected chi connectivity index (χ3v) is 7.71. The molecule has 0 saturated carbocycles. The van der Waals surface area contributed by atoms with Crippen LogP contribution in [-0.2, 0) is 32.9 Å². The maximum absolute atomic E-state index is 11.5. The molecule has 7 heteroatoms. The number of rotatable bonds is 5. The molecule has 82 valence electrons. The van der Waals surface area contributed by atoms with Gasteiger partial charge in [0.25, 0.3) is 0 Å². The van der Waals surface area contributed by atoms with Gasteiger partial charge in [-0.25, -0.2) is 0 Å². The summed E-state index contributed by atoms with van der Waals surface area (Å²) in [5.41, 5.74) is 0. The zero-order valence-electron chi connectivity index (χ0n) is 8.90. The second-order valence-corrected chi connectivity index (χ2v) is 10.5. The van der Waals surface area contributed by atoms with E-state index in [-0.39, 0.29) is 24.6 Å². The molecule has 1 unspecified atom stereocenters. The van der Waals surface area contributed by atoms with Crippen molar-refractivity contribution in [3.8, 4) is 0 Å². The molecule has 1 aliphatic heterocycles. The van der Waals surface area contributed by atoms with Crippen molar-refractivity contribution >= 4 is 20.2 Å². The fraction of sp³-hybridized carbons (Fsp3) is 0.750. The van der Waals surface area contributed by atoms with Crippen molar-refractivity contribution in [1.82, 2.24) is 9.80 Å². The van der Waals surface area contributed by atoms with Gasteiger partial charge < -0.3 is 0 Å². The van der Waals surface area contributed by atoms with Gasteiger partial charge in [0, 0.05) is 0 Å². The Labute approximate surface area is 105 Å². The Morgan fingerprint density at radius 1 is 1.60 bits per heavy atom. The molecule has 0 aromatic carbocycles. The van der Waals surface area contributed by atoms with E-state index in [1.54, 1.807) is 7.11 Å². The standard InChI is InChI=1S/C8H13N2O3.ClH.Hg/c1-6(13-3)4-10-5-7(11)9(2)8(10)12;;/h6H,1,4-5H2,2-3H3;1H;/q;;+1/p-1. The van der Waals surface area contributed by atoms with E-state index in [1.165, 1.54) is 11.9 Å². The number of carbonyl (C=O) groups is 2. The van der Waals surface area contributed by atoms with Crippen LogP contribution in [0.5, 0.6) is 0 Å². The predicted octanol–water partition coefficient (Wildman–Crippen LogP) is 0.550. The number of likely N-dealkylation sites (N-methyl/N-ethyl adjacent to an activating group) is 1. The van der Waals surface area contributed by atoms with Gasteiger partial charge in [0.1, 0.15) is 0 Å². The summed E-state index contributed by atoms with van der Waals surface area (Å²) in [7, 11) is 8.92. The van der Waals surface area contributed by atoms with Crippen molar-refractivity contribution in [3.63, 3.8) is 0 Å². The van der Waals surface area contributed by atoms with Gasteiger partial charge in [-0.15, -0.1) is 0 Å². The van der Waals surface area contributed by atoms with E-state index in [4.69, 9.17) is 13.0 Å². The zero-order valence-corrected chi connectivity index (χ0v) is 15.2. The minimum atomic E-state index is -1.27. The van der Waals surface area contributed by atoms with Crippen LogP contribution in [0.4, 0.5) is 4.79 Å². The summed E-state index contributed by atoms with van der Waals surface area (Å²) in [5, 5.41) is 0. The van der Waals surface area contributed by atoms with Crippen molar-refractivity contribution in [1.29, 1.82) is 0 Å². The quantitative estimate of drug-likeness (QED) is 0.482. The monoisotopic (exact) mass is 422 g/mol. The van der Waals surface area contributed by atoms with E-state index in [0.29, 0.717) is 6.54 Å². The zero-order chi connectivity index (χ0) is 11.4. The van der Waals surface area contributed by atoms with Gasteiger partial charge in [-0.05, 0) is 0 Å². The first-order valence-electron chi connectivity index (χ1n) is 4.74. The third-order valence-electron chi connectivity index (χ3n) is 2.45. The number of hydrogen-bond donors (Lipinski definition) is 0. The van der Waals surface area contributed by atoms with E-state index in [2.05, 4.69) is 0 Å². The van der Waals surface area contributed by atoms with Crippen LogP contribution in [0.15, 0.2) is 0 Å². The Hall–Kier alpha value is 0.125. The van der Waals surface area contributed by atoms with Crippen LogP contribution in [0.3, 0.4) is 0 Å². The number of ether oxygens (including phenoxy) is 1. The Balaban J connectivity index is 2.51. The average Bonchev–Trinajstić information content (AvgIpc) is 2.46. The van der Waals surface area contributed by atoms with E-state index >= 15 is 0 Å². The summed E-state index contributed by atoms with van der Waals surface area (Å²) in [5.74, 6) is -0.162. The van der Waals surface area contributed by atoms with Crippen LogP contribution in [0.2, 0.25) is 3.93 Å². The average molecular weight is 421 g/mol. The Morgan fingerprint density at radius 3 is 2.67 bits per heavy atom. The normalized spacial score (nSPS) is 18.3. The predicted molar refractivity (Wildman–Crippen MR) is 51.2 cm³/mol. The van der Waals surface area contributed by atoms with Crippen LogP contribution < -0.4 is 0 Å². The fourth-order valence-electron chi connectivity index (χ4n) is 1.45. The number of imide groups is 1. The molecule has 5 nitrogen and oxygen atoms in total. The van der Waals surface area contributed by atoms with Gasteiger partial charge in [0.2, 0.25) is 0 Å². The molecule has 1 saturated heterocycles. The summed E-state index contributed by atoms with van der Waals surface area (Å²) in [6, 6.07) is -0.242. The second kappa shape index (κ2) is 6.01. The molecule has 1 atom stereocenters. The molecule has 0 aromatic heterocycles. The molecule has 1 aliphatic rings. The van der Waals surface area contributed by atoms with Crippen molar-refractivity contribution < 1.29 is 37.7 Å². The number of carbonyl (C=O) groups excluding carboxylic acids is 2. The van der Waals surface area contributed by atoms with Crippen molar-refractivity contribution in [3.05, 3.63) is 0 Å². The van der Waals surface area contributed by atoms with Gasteiger partial charge in [-0.2, -0.15) is 0 Å². The second-order valence-electron chi connectivity index (χ2n) is 3.45. The van der Waals surface area contributed by atoms with E-state index in [9.17, 15) is 9.59 Å². The summed E-state index contributed by atoms with van der Waals surface area (Å²) in [4.78, 5) is 25.4. The summed E-state index contributed by atoms with van der Waals surface area (Å²) in [6.45, 7) is 0.631. The number of halogens is 1. The molecule has 0 bridgehead atoms. The molecule has 0 aromatic rings. The third kappa shape index (κ3) is 3.29. The number of nitrogens with zero attached hydrogens (tertiary/aromatic N) is 2. The van der Waals surface area contributed by atoms with Gasteiger partial charge >= 0.3 is 105 Å². The summed E-state index contributed by atoms with van der Waals surface area (Å²) in [6.07, 6.45) is -0.00702. The molecule has 0 N–H and O–H groups in total. The first-order chi connectivity index (χ1) is 7.10. The van der Waals surface area contributed by atoms with Gasteiger partial charge in [-0.3, -0.25) is 0 Å². The van der Waals surface area contributed by atoms with Crippen LogP contribution in [0.25, 0.3) is 0 Å². The van der Waals surface area contributed by atoms with E-state index < -0.39 is 23.3 Å². The molecule has 0 radical (unpaired) electrons. The molecule has 0 spiro atoms. The maximum atomic E-state index is 11.5. The van der Waals surface area contributed by atoms with Gasteiger partial charge in [0.05, 0.1) is 0 Å². The van der Waals surface area contributed by atoms with E-state index in [0.717, 1.165) is 8.83 Å². The topological polar surface area (TPSA) is 49.9 Å². The molecule has 1 fully saturated rings. The van der Waals surface area contributed by atoms with Crippen LogP contribution in [-0.4, -0.2) is 55.1 Å². The Morgan fingerprint density at radius 2 is 2.27 bits per heavy atom. The van der Waals surface area contributed by atoms with Crippen molar-refractivity contribution in [2.45, 2.75) is 10.0 Å². The summed E-state index contributed by atoms with van der Waals surface area (Å²) >= 11 is -1.27. The number of amides is 3.